The summed E-state index contributed by atoms with van der Waals surface area (Å²) < 4.78 is 5.17. The molecule has 2 aromatic heterocycles. The van der Waals surface area contributed by atoms with Gasteiger partial charge in [-0.05, 0) is 98.5 Å². The lowest BCUT2D eigenvalue weighted by Crippen LogP contribution is -2.56. The Morgan fingerprint density at radius 2 is 1.35 bits per heavy atom. The highest BCUT2D eigenvalue weighted by atomic mass is 15.4. The molecule has 0 fully saturated rings. The fraction of sp³-hybridized carbons (Fsp3) is 0.347. The Hall–Kier alpha value is -5.16. The zero-order valence-corrected chi connectivity index (χ0v) is 33.6. The van der Waals surface area contributed by atoms with Gasteiger partial charge in [-0.3, -0.25) is 0 Å². The molecule has 2 atom stereocenters. The third-order valence-corrected chi connectivity index (χ3v) is 12.5. The van der Waals surface area contributed by atoms with Gasteiger partial charge in [-0.15, -0.1) is 0 Å². The number of pyridine rings is 1. The van der Waals surface area contributed by atoms with Gasteiger partial charge in [0.05, 0.1) is 16.9 Å². The van der Waals surface area contributed by atoms with Crippen LogP contribution in [-0.4, -0.2) is 21.8 Å². The largest absolute Gasteiger partial charge is 0.346 e. The lowest BCUT2D eigenvalue weighted by Gasteiger charge is -2.44. The van der Waals surface area contributed by atoms with E-state index >= 15 is 0 Å². The summed E-state index contributed by atoms with van der Waals surface area (Å²) in [7, 11) is 0. The van der Waals surface area contributed by atoms with Gasteiger partial charge in [0.1, 0.15) is 30.3 Å². The van der Waals surface area contributed by atoms with Crippen LogP contribution in [0.4, 0.5) is 17.2 Å². The van der Waals surface area contributed by atoms with Crippen LogP contribution in [0.5, 0.6) is 0 Å². The van der Waals surface area contributed by atoms with E-state index in [-0.39, 0.29) is 17.6 Å². The van der Waals surface area contributed by atoms with Gasteiger partial charge in [0, 0.05) is 34.3 Å². The van der Waals surface area contributed by atoms with Crippen molar-refractivity contribution < 1.29 is 4.57 Å². The molecule has 5 nitrogen and oxygen atoms in total. The van der Waals surface area contributed by atoms with E-state index in [0.29, 0.717) is 17.9 Å². The summed E-state index contributed by atoms with van der Waals surface area (Å²) >= 11 is 0. The number of anilines is 3. The normalized spacial score (nSPS) is 17.3. The first kappa shape index (κ1) is 35.8. The average Bonchev–Trinajstić information content (AvgIpc) is 3.75. The minimum Gasteiger partial charge on any atom is -0.346 e. The molecule has 0 aliphatic carbocycles. The summed E-state index contributed by atoms with van der Waals surface area (Å²) in [4.78, 5) is 10.0. The van der Waals surface area contributed by atoms with Crippen LogP contribution in [0, 0.1) is 0 Å². The predicted octanol–water partition coefficient (Wildman–Crippen LogP) is 12.1. The van der Waals surface area contributed by atoms with Crippen molar-refractivity contribution in [3.8, 4) is 28.2 Å². The number of benzene rings is 4. The van der Waals surface area contributed by atoms with E-state index in [2.05, 4.69) is 197 Å². The minimum absolute atomic E-state index is 0.0518. The molecular weight excluding hydrogens is 659 g/mol. The molecular formula is C49H56N5+. The third kappa shape index (κ3) is 5.41. The molecule has 2 aliphatic rings. The molecule has 8 rings (SSSR count). The molecule has 2 aliphatic heterocycles. The number of aromatic nitrogens is 3. The minimum atomic E-state index is -0.136. The SMILES string of the molecule is CCC1(CC)c2ccccc2-c2n(-c3c(C(C)C)cc(-c4ccccc4)cc3C(C)C)cc[n+]2C1c1ccccc1N1c2ncccc2N(C(C)C)C1C. The van der Waals surface area contributed by atoms with Gasteiger partial charge in [-0.2, -0.15) is 4.57 Å². The fourth-order valence-corrected chi connectivity index (χ4v) is 9.93. The second kappa shape index (κ2) is 13.9. The van der Waals surface area contributed by atoms with Gasteiger partial charge >= 0.3 is 0 Å². The van der Waals surface area contributed by atoms with Crippen LogP contribution >= 0.6 is 0 Å². The van der Waals surface area contributed by atoms with Gasteiger partial charge in [-0.25, -0.2) is 9.55 Å². The van der Waals surface area contributed by atoms with Crippen molar-refractivity contribution in [1.82, 2.24) is 9.55 Å². The van der Waals surface area contributed by atoms with Crippen LogP contribution in [0.15, 0.2) is 122 Å². The second-order valence-electron chi connectivity index (χ2n) is 16.3. The quantitative estimate of drug-likeness (QED) is 0.140. The summed E-state index contributed by atoms with van der Waals surface area (Å²) in [5.74, 6) is 2.94. The Labute approximate surface area is 322 Å². The van der Waals surface area contributed by atoms with Gasteiger partial charge in [-0.1, -0.05) is 108 Å². The molecule has 0 amide bonds. The molecule has 0 radical (unpaired) electrons. The van der Waals surface area contributed by atoms with Crippen LogP contribution in [-0.2, 0) is 5.41 Å². The molecule has 4 aromatic carbocycles. The highest BCUT2D eigenvalue weighted by Crippen LogP contribution is 2.54. The maximum absolute atomic E-state index is 5.04. The van der Waals surface area contributed by atoms with Crippen molar-refractivity contribution in [3.05, 3.63) is 144 Å². The third-order valence-electron chi connectivity index (χ3n) is 12.5. The van der Waals surface area contributed by atoms with E-state index in [1.165, 1.54) is 61.8 Å². The summed E-state index contributed by atoms with van der Waals surface area (Å²) in [6.07, 6.45) is 8.82. The number of hydrogen-bond donors (Lipinski definition) is 0. The Morgan fingerprint density at radius 3 is 2.02 bits per heavy atom. The maximum Gasteiger partial charge on any atom is 0.294 e. The number of rotatable bonds is 9. The molecule has 276 valence electrons. The maximum atomic E-state index is 5.04. The summed E-state index contributed by atoms with van der Waals surface area (Å²) in [5, 5.41) is 0. The highest BCUT2D eigenvalue weighted by molar-refractivity contribution is 5.82. The van der Waals surface area contributed by atoms with Crippen LogP contribution in [0.2, 0.25) is 0 Å². The van der Waals surface area contributed by atoms with E-state index in [1.54, 1.807) is 0 Å². The molecule has 0 N–H and O–H groups in total. The van der Waals surface area contributed by atoms with E-state index in [0.717, 1.165) is 18.7 Å². The first-order valence-electron chi connectivity index (χ1n) is 20.2. The van der Waals surface area contributed by atoms with E-state index in [4.69, 9.17) is 4.98 Å². The first-order chi connectivity index (χ1) is 26.1. The van der Waals surface area contributed by atoms with Crippen molar-refractivity contribution in [2.75, 3.05) is 9.80 Å². The Bertz CT molecular complexity index is 2260. The number of para-hydroxylation sites is 1. The lowest BCUT2D eigenvalue weighted by atomic mass is 9.64. The molecule has 2 unspecified atom stereocenters. The zero-order chi connectivity index (χ0) is 37.9. The monoisotopic (exact) mass is 714 g/mol. The average molecular weight is 715 g/mol. The van der Waals surface area contributed by atoms with Gasteiger partial charge < -0.3 is 9.80 Å². The Balaban J connectivity index is 1.41. The molecule has 0 saturated carbocycles. The molecule has 0 spiro atoms. The number of nitrogens with zero attached hydrogens (tertiary/aromatic N) is 5. The molecule has 6 aromatic rings. The zero-order valence-electron chi connectivity index (χ0n) is 33.6. The molecule has 0 saturated heterocycles. The Kier molecular flexibility index (Phi) is 9.24. The summed E-state index contributed by atoms with van der Waals surface area (Å²) in [5.41, 5.74) is 13.0. The van der Waals surface area contributed by atoms with Crippen LogP contribution in [0.25, 0.3) is 28.2 Å². The highest BCUT2D eigenvalue weighted by Gasteiger charge is 2.52. The lowest BCUT2D eigenvalue weighted by molar-refractivity contribution is -0.714. The van der Waals surface area contributed by atoms with Gasteiger partial charge in [0.25, 0.3) is 5.82 Å². The number of hydrogen-bond acceptors (Lipinski definition) is 3. The van der Waals surface area contributed by atoms with Crippen molar-refractivity contribution in [1.29, 1.82) is 0 Å². The van der Waals surface area contributed by atoms with Crippen LogP contribution < -0.4 is 14.4 Å². The van der Waals surface area contributed by atoms with Crippen molar-refractivity contribution in [3.63, 3.8) is 0 Å². The van der Waals surface area contributed by atoms with E-state index < -0.39 is 0 Å². The molecule has 5 heteroatoms. The van der Waals surface area contributed by atoms with E-state index in [9.17, 15) is 0 Å². The molecule has 0 bridgehead atoms. The van der Waals surface area contributed by atoms with Crippen LogP contribution in [0.3, 0.4) is 0 Å². The van der Waals surface area contributed by atoms with Gasteiger partial charge in [0.2, 0.25) is 0 Å². The van der Waals surface area contributed by atoms with Crippen LogP contribution in [0.1, 0.15) is 115 Å². The topological polar surface area (TPSA) is 28.2 Å². The second-order valence-corrected chi connectivity index (χ2v) is 16.3. The van der Waals surface area contributed by atoms with Gasteiger partial charge in [0.15, 0.2) is 5.82 Å². The smallest absolute Gasteiger partial charge is 0.294 e. The number of imidazole rings is 1. The van der Waals surface area contributed by atoms with E-state index in [1.807, 2.05) is 6.20 Å². The summed E-state index contributed by atoms with van der Waals surface area (Å²) in [6, 6.07) is 38.9. The van der Waals surface area contributed by atoms with Crippen molar-refractivity contribution in [2.24, 2.45) is 0 Å². The Morgan fingerprint density at radius 1 is 0.722 bits per heavy atom. The first-order valence-corrected chi connectivity index (χ1v) is 20.2. The molecule has 54 heavy (non-hydrogen) atoms. The molecule has 4 heterocycles. The number of fused-ring (bicyclic) bond motifs is 4. The van der Waals surface area contributed by atoms with Crippen molar-refractivity contribution >= 4 is 17.2 Å². The predicted molar refractivity (Wildman–Crippen MR) is 225 cm³/mol. The summed E-state index contributed by atoms with van der Waals surface area (Å²) in [6.45, 7) is 21.1. The standard InChI is InChI=1S/C49H56N5/c1-10-49(11-2)42-24-17-15-22-38(42)48-51(45-40(32(3)4)30-37(31-41(45)33(5)6)36-20-13-12-14-21-36)28-29-52(48)46(49)39-23-16-18-25-43(39)54-35(9)53(34(7)8)44-26-19-27-50-47(44)54/h12-35,46H,10-11H2,1-9H3/q+1. The van der Waals surface area contributed by atoms with Crippen molar-refractivity contribution in [2.45, 2.75) is 111 Å². The fourth-order valence-electron chi connectivity index (χ4n) is 9.93.